The molecule has 1 aromatic carbocycles. The zero-order chi connectivity index (χ0) is 15.5. The van der Waals surface area contributed by atoms with Gasteiger partial charge in [0.2, 0.25) is 17.7 Å². The summed E-state index contributed by atoms with van der Waals surface area (Å²) in [6.07, 6.45) is 1.67. The van der Waals surface area contributed by atoms with Gasteiger partial charge in [0.25, 0.3) is 0 Å². The Morgan fingerprint density at radius 2 is 1.96 bits per heavy atom. The minimum Gasteiger partial charge on any atom is -0.326 e. The van der Waals surface area contributed by atoms with Gasteiger partial charge in [0.05, 0.1) is 11.8 Å². The van der Waals surface area contributed by atoms with E-state index in [1.165, 1.54) is 0 Å². The first-order chi connectivity index (χ1) is 10.6. The third-order valence-corrected chi connectivity index (χ3v) is 4.20. The molecule has 6 nitrogen and oxygen atoms in total. The number of nitrogens with one attached hydrogen (secondary N) is 3. The molecule has 124 valence electrons. The van der Waals surface area contributed by atoms with Crippen LogP contribution in [0.3, 0.4) is 0 Å². The summed E-state index contributed by atoms with van der Waals surface area (Å²) >= 11 is 0. The number of imide groups is 1. The van der Waals surface area contributed by atoms with E-state index >= 15 is 0 Å². The Balaban J connectivity index is 0.00000192. The summed E-state index contributed by atoms with van der Waals surface area (Å²) in [7, 11) is 0. The van der Waals surface area contributed by atoms with Crippen LogP contribution in [0, 0.1) is 11.8 Å². The maximum atomic E-state index is 12.0. The van der Waals surface area contributed by atoms with E-state index in [0.29, 0.717) is 6.42 Å². The molecule has 0 bridgehead atoms. The number of carbonyl (C=O) groups excluding carboxylic acids is 3. The summed E-state index contributed by atoms with van der Waals surface area (Å²) in [5.74, 6) is -0.607. The lowest BCUT2D eigenvalue weighted by molar-refractivity contribution is -0.126. The summed E-state index contributed by atoms with van der Waals surface area (Å²) in [6.45, 7) is 1.62. The second-order valence-corrected chi connectivity index (χ2v) is 5.89. The molecule has 3 rings (SSSR count). The number of anilines is 1. The minimum absolute atomic E-state index is 0. The molecule has 1 aromatic rings. The van der Waals surface area contributed by atoms with Gasteiger partial charge in [-0.15, -0.1) is 12.4 Å². The van der Waals surface area contributed by atoms with Crippen molar-refractivity contribution < 1.29 is 14.4 Å². The van der Waals surface area contributed by atoms with E-state index in [9.17, 15) is 14.4 Å². The molecular weight excluding hydrogens is 318 g/mol. The predicted octanol–water partition coefficient (Wildman–Crippen LogP) is 0.862. The standard InChI is InChI=1S/C16H19N3O3.ClH/c20-14-8-12(16(22)19-14)7-10-1-3-13(4-2-10)18-15(21)11-5-6-17-9-11;/h1-4,11-12,17H,5-9H2,(H,18,21)(H,19,20,22);1H. The first-order valence-electron chi connectivity index (χ1n) is 7.56. The van der Waals surface area contributed by atoms with Crippen LogP contribution in [0.1, 0.15) is 18.4 Å². The molecule has 2 fully saturated rings. The van der Waals surface area contributed by atoms with Crippen LogP contribution in [0.2, 0.25) is 0 Å². The molecular formula is C16H20ClN3O3. The fraction of sp³-hybridized carbons (Fsp3) is 0.438. The Kier molecular flexibility index (Phi) is 5.74. The molecule has 0 aromatic heterocycles. The summed E-state index contributed by atoms with van der Waals surface area (Å²) in [4.78, 5) is 34.7. The molecule has 3 N–H and O–H groups in total. The van der Waals surface area contributed by atoms with E-state index in [1.807, 2.05) is 24.3 Å². The SMILES string of the molecule is Cl.O=C1CC(Cc2ccc(NC(=O)C3CCNC3)cc2)C(=O)N1. The highest BCUT2D eigenvalue weighted by Gasteiger charge is 2.30. The maximum Gasteiger partial charge on any atom is 0.230 e. The summed E-state index contributed by atoms with van der Waals surface area (Å²) in [6, 6.07) is 7.45. The Morgan fingerprint density at radius 3 is 2.52 bits per heavy atom. The van der Waals surface area contributed by atoms with E-state index in [0.717, 1.165) is 30.8 Å². The minimum atomic E-state index is -0.280. The second-order valence-electron chi connectivity index (χ2n) is 5.89. The van der Waals surface area contributed by atoms with Crippen LogP contribution in [0.5, 0.6) is 0 Å². The molecule has 0 radical (unpaired) electrons. The summed E-state index contributed by atoms with van der Waals surface area (Å²) < 4.78 is 0. The lowest BCUT2D eigenvalue weighted by Crippen LogP contribution is -2.24. The lowest BCUT2D eigenvalue weighted by atomic mass is 9.98. The van der Waals surface area contributed by atoms with Gasteiger partial charge in [-0.05, 0) is 37.1 Å². The Labute approximate surface area is 140 Å². The van der Waals surface area contributed by atoms with E-state index in [1.54, 1.807) is 0 Å². The maximum absolute atomic E-state index is 12.0. The largest absolute Gasteiger partial charge is 0.326 e. The molecule has 0 saturated carbocycles. The number of benzene rings is 1. The molecule has 2 heterocycles. The van der Waals surface area contributed by atoms with Crippen molar-refractivity contribution in [2.45, 2.75) is 19.3 Å². The van der Waals surface area contributed by atoms with Gasteiger partial charge in [0, 0.05) is 18.7 Å². The molecule has 2 atom stereocenters. The second kappa shape index (κ2) is 7.57. The van der Waals surface area contributed by atoms with E-state index in [-0.39, 0.29) is 48.4 Å². The molecule has 23 heavy (non-hydrogen) atoms. The average Bonchev–Trinajstić information content (AvgIpc) is 3.12. The lowest BCUT2D eigenvalue weighted by Gasteiger charge is -2.11. The highest BCUT2D eigenvalue weighted by Crippen LogP contribution is 2.19. The summed E-state index contributed by atoms with van der Waals surface area (Å²) in [5.41, 5.74) is 1.74. The number of carbonyl (C=O) groups is 3. The van der Waals surface area contributed by atoms with Crippen LogP contribution >= 0.6 is 12.4 Å². The molecule has 0 aliphatic carbocycles. The van der Waals surface area contributed by atoms with Gasteiger partial charge in [0.1, 0.15) is 0 Å². The van der Waals surface area contributed by atoms with Crippen LogP contribution < -0.4 is 16.0 Å². The van der Waals surface area contributed by atoms with Gasteiger partial charge in [0.15, 0.2) is 0 Å². The Morgan fingerprint density at radius 1 is 1.22 bits per heavy atom. The van der Waals surface area contributed by atoms with Crippen LogP contribution in [-0.4, -0.2) is 30.8 Å². The van der Waals surface area contributed by atoms with E-state index in [4.69, 9.17) is 0 Å². The van der Waals surface area contributed by atoms with Crippen molar-refractivity contribution in [2.24, 2.45) is 11.8 Å². The van der Waals surface area contributed by atoms with Gasteiger partial charge in [-0.1, -0.05) is 12.1 Å². The fourth-order valence-electron chi connectivity index (χ4n) is 2.90. The van der Waals surface area contributed by atoms with Crippen molar-refractivity contribution in [2.75, 3.05) is 18.4 Å². The zero-order valence-electron chi connectivity index (χ0n) is 12.6. The van der Waals surface area contributed by atoms with Crippen molar-refractivity contribution in [3.63, 3.8) is 0 Å². The van der Waals surface area contributed by atoms with Crippen LogP contribution in [0.25, 0.3) is 0 Å². The number of hydrogen-bond acceptors (Lipinski definition) is 4. The Hall–Kier alpha value is -1.92. The van der Waals surface area contributed by atoms with Gasteiger partial charge >= 0.3 is 0 Å². The topological polar surface area (TPSA) is 87.3 Å². The molecule has 0 spiro atoms. The van der Waals surface area contributed by atoms with Crippen LogP contribution in [-0.2, 0) is 20.8 Å². The fourth-order valence-corrected chi connectivity index (χ4v) is 2.90. The Bertz CT molecular complexity index is 597. The molecule has 2 aliphatic rings. The van der Waals surface area contributed by atoms with Gasteiger partial charge in [-0.3, -0.25) is 19.7 Å². The van der Waals surface area contributed by atoms with Crippen LogP contribution in [0.4, 0.5) is 5.69 Å². The third kappa shape index (κ3) is 4.30. The van der Waals surface area contributed by atoms with Crippen molar-refractivity contribution in [3.8, 4) is 0 Å². The van der Waals surface area contributed by atoms with Gasteiger partial charge in [-0.25, -0.2) is 0 Å². The molecule has 2 saturated heterocycles. The monoisotopic (exact) mass is 337 g/mol. The normalized spacial score (nSPS) is 23.3. The molecule has 2 aliphatic heterocycles. The quantitative estimate of drug-likeness (QED) is 0.711. The molecule has 3 amide bonds. The highest BCUT2D eigenvalue weighted by atomic mass is 35.5. The molecule has 7 heteroatoms. The van der Waals surface area contributed by atoms with E-state index < -0.39 is 0 Å². The van der Waals surface area contributed by atoms with Crippen molar-refractivity contribution in [1.29, 1.82) is 0 Å². The highest BCUT2D eigenvalue weighted by molar-refractivity contribution is 6.03. The number of hydrogen-bond donors (Lipinski definition) is 3. The first-order valence-corrected chi connectivity index (χ1v) is 7.56. The number of amides is 3. The predicted molar refractivity (Wildman–Crippen MR) is 88.3 cm³/mol. The van der Waals surface area contributed by atoms with Crippen molar-refractivity contribution >= 4 is 35.8 Å². The average molecular weight is 338 g/mol. The summed E-state index contributed by atoms with van der Waals surface area (Å²) in [5, 5.41) is 8.39. The smallest absolute Gasteiger partial charge is 0.230 e. The number of halogens is 1. The molecule has 2 unspecified atom stereocenters. The van der Waals surface area contributed by atoms with Crippen molar-refractivity contribution in [1.82, 2.24) is 10.6 Å². The van der Waals surface area contributed by atoms with Crippen LogP contribution in [0.15, 0.2) is 24.3 Å². The van der Waals surface area contributed by atoms with Gasteiger partial charge < -0.3 is 10.6 Å². The van der Waals surface area contributed by atoms with E-state index in [2.05, 4.69) is 16.0 Å². The van der Waals surface area contributed by atoms with Gasteiger partial charge in [-0.2, -0.15) is 0 Å². The first kappa shape index (κ1) is 17.4. The zero-order valence-corrected chi connectivity index (χ0v) is 13.4. The number of rotatable bonds is 4. The third-order valence-electron chi connectivity index (χ3n) is 4.20. The van der Waals surface area contributed by atoms with Crippen molar-refractivity contribution in [3.05, 3.63) is 29.8 Å².